The van der Waals surface area contributed by atoms with Crippen molar-refractivity contribution in [1.82, 2.24) is 5.32 Å². The maximum Gasteiger partial charge on any atom is 0.401 e. The number of phenols is 1. The van der Waals surface area contributed by atoms with E-state index >= 15 is 0 Å². The number of benzene rings is 1. The molecule has 1 amide bonds. The summed E-state index contributed by atoms with van der Waals surface area (Å²) in [6.45, 7) is -1.37. The molecule has 0 heterocycles. The average molecular weight is 278 g/mol. The number of halogens is 3. The SMILES string of the molecule is COc1ccc(C(NCC(F)(F)F)C(N)=O)cc1O. The molecule has 19 heavy (non-hydrogen) atoms. The Morgan fingerprint density at radius 1 is 1.53 bits per heavy atom. The largest absolute Gasteiger partial charge is 0.504 e. The lowest BCUT2D eigenvalue weighted by Crippen LogP contribution is -2.38. The number of nitrogens with one attached hydrogen (secondary N) is 1. The van der Waals surface area contributed by atoms with E-state index in [0.717, 1.165) is 6.07 Å². The van der Waals surface area contributed by atoms with E-state index in [1.165, 1.54) is 19.2 Å². The Labute approximate surface area is 107 Å². The summed E-state index contributed by atoms with van der Waals surface area (Å²) in [5.74, 6) is -1.13. The van der Waals surface area contributed by atoms with Crippen LogP contribution in [0, 0.1) is 0 Å². The molecule has 1 aromatic rings. The summed E-state index contributed by atoms with van der Waals surface area (Å²) in [6, 6.07) is 2.45. The van der Waals surface area contributed by atoms with Crippen molar-refractivity contribution in [2.75, 3.05) is 13.7 Å². The summed E-state index contributed by atoms with van der Waals surface area (Å²) in [5, 5.41) is 11.5. The number of carbonyl (C=O) groups is 1. The molecule has 8 heteroatoms. The molecule has 5 nitrogen and oxygen atoms in total. The van der Waals surface area contributed by atoms with Gasteiger partial charge in [-0.25, -0.2) is 0 Å². The van der Waals surface area contributed by atoms with Crippen LogP contribution in [-0.4, -0.2) is 30.8 Å². The monoisotopic (exact) mass is 278 g/mol. The third kappa shape index (κ3) is 4.32. The number of alkyl halides is 3. The number of hydrogen-bond donors (Lipinski definition) is 3. The lowest BCUT2D eigenvalue weighted by atomic mass is 10.1. The molecule has 1 rings (SSSR count). The normalized spacial score (nSPS) is 13.1. The highest BCUT2D eigenvalue weighted by molar-refractivity contribution is 5.81. The van der Waals surface area contributed by atoms with Gasteiger partial charge in [-0.15, -0.1) is 0 Å². The molecule has 0 spiro atoms. The Bertz CT molecular complexity index is 463. The second-order valence-electron chi connectivity index (χ2n) is 3.76. The van der Waals surface area contributed by atoms with Crippen LogP contribution < -0.4 is 15.8 Å². The van der Waals surface area contributed by atoms with Crippen molar-refractivity contribution < 1.29 is 27.8 Å². The topological polar surface area (TPSA) is 84.6 Å². The molecule has 0 aliphatic rings. The number of nitrogens with two attached hydrogens (primary N) is 1. The Balaban J connectivity index is 2.93. The Morgan fingerprint density at radius 2 is 2.16 bits per heavy atom. The van der Waals surface area contributed by atoms with Crippen LogP contribution in [0.5, 0.6) is 11.5 Å². The van der Waals surface area contributed by atoms with E-state index in [1.807, 2.05) is 5.32 Å². The number of methoxy groups -OCH3 is 1. The van der Waals surface area contributed by atoms with Crippen molar-refractivity contribution in [2.45, 2.75) is 12.2 Å². The van der Waals surface area contributed by atoms with E-state index in [9.17, 15) is 23.1 Å². The molecule has 1 unspecified atom stereocenters. The van der Waals surface area contributed by atoms with Crippen LogP contribution in [0.1, 0.15) is 11.6 Å². The van der Waals surface area contributed by atoms with Crippen molar-refractivity contribution in [3.63, 3.8) is 0 Å². The fourth-order valence-electron chi connectivity index (χ4n) is 1.49. The van der Waals surface area contributed by atoms with Crippen molar-refractivity contribution in [2.24, 2.45) is 5.73 Å². The Kier molecular flexibility index (Phi) is 4.60. The summed E-state index contributed by atoms with van der Waals surface area (Å²) in [7, 11) is 1.32. The van der Waals surface area contributed by atoms with Gasteiger partial charge < -0.3 is 15.6 Å². The molecule has 1 aromatic carbocycles. The van der Waals surface area contributed by atoms with E-state index < -0.39 is 24.7 Å². The zero-order chi connectivity index (χ0) is 14.6. The fraction of sp³-hybridized carbons (Fsp3) is 0.364. The summed E-state index contributed by atoms with van der Waals surface area (Å²) in [5.41, 5.74) is 5.16. The van der Waals surface area contributed by atoms with Crippen molar-refractivity contribution in [3.8, 4) is 11.5 Å². The number of phenolic OH excluding ortho intramolecular Hbond substituents is 1. The van der Waals surface area contributed by atoms with Crippen LogP contribution in [0.25, 0.3) is 0 Å². The minimum Gasteiger partial charge on any atom is -0.504 e. The molecule has 0 bridgehead atoms. The highest BCUT2D eigenvalue weighted by Crippen LogP contribution is 2.29. The van der Waals surface area contributed by atoms with Gasteiger partial charge in [0.2, 0.25) is 5.91 Å². The molecule has 0 radical (unpaired) electrons. The first-order chi connectivity index (χ1) is 8.74. The van der Waals surface area contributed by atoms with Gasteiger partial charge in [0, 0.05) is 0 Å². The number of ether oxygens (including phenoxy) is 1. The smallest absolute Gasteiger partial charge is 0.401 e. The molecule has 0 aliphatic heterocycles. The maximum atomic E-state index is 12.1. The molecule has 0 fully saturated rings. The number of hydrogen-bond acceptors (Lipinski definition) is 4. The predicted octanol–water partition coefficient (Wildman–Crippen LogP) is 1.08. The van der Waals surface area contributed by atoms with Crippen molar-refractivity contribution in [3.05, 3.63) is 23.8 Å². The highest BCUT2D eigenvalue weighted by Gasteiger charge is 2.30. The fourth-order valence-corrected chi connectivity index (χ4v) is 1.49. The van der Waals surface area contributed by atoms with Crippen LogP contribution in [0.15, 0.2) is 18.2 Å². The van der Waals surface area contributed by atoms with Gasteiger partial charge in [-0.2, -0.15) is 13.2 Å². The van der Waals surface area contributed by atoms with Crippen LogP contribution in [-0.2, 0) is 4.79 Å². The van der Waals surface area contributed by atoms with Crippen LogP contribution in [0.2, 0.25) is 0 Å². The number of rotatable bonds is 5. The van der Waals surface area contributed by atoms with Gasteiger partial charge in [0.05, 0.1) is 13.7 Å². The predicted molar refractivity (Wildman–Crippen MR) is 60.7 cm³/mol. The first kappa shape index (κ1) is 15.1. The van der Waals surface area contributed by atoms with Crippen molar-refractivity contribution in [1.29, 1.82) is 0 Å². The molecule has 106 valence electrons. The van der Waals surface area contributed by atoms with Gasteiger partial charge in [0.15, 0.2) is 11.5 Å². The third-order valence-electron chi connectivity index (χ3n) is 2.33. The van der Waals surface area contributed by atoms with Gasteiger partial charge in [0.25, 0.3) is 0 Å². The Morgan fingerprint density at radius 3 is 2.58 bits per heavy atom. The zero-order valence-corrected chi connectivity index (χ0v) is 9.99. The maximum absolute atomic E-state index is 12.1. The van der Waals surface area contributed by atoms with Gasteiger partial charge in [-0.05, 0) is 17.7 Å². The Hall–Kier alpha value is -1.96. The molecular weight excluding hydrogens is 265 g/mol. The van der Waals surface area contributed by atoms with E-state index in [2.05, 4.69) is 0 Å². The minimum absolute atomic E-state index is 0.120. The molecule has 1 atom stereocenters. The quantitative estimate of drug-likeness (QED) is 0.752. The minimum atomic E-state index is -4.47. The molecular formula is C11H13F3N2O3. The summed E-state index contributed by atoms with van der Waals surface area (Å²) >= 11 is 0. The van der Waals surface area contributed by atoms with E-state index in [0.29, 0.717) is 0 Å². The van der Waals surface area contributed by atoms with E-state index in [-0.39, 0.29) is 17.1 Å². The average Bonchev–Trinajstić information content (AvgIpc) is 2.27. The number of aromatic hydroxyl groups is 1. The van der Waals surface area contributed by atoms with Gasteiger partial charge in [-0.3, -0.25) is 10.1 Å². The molecule has 0 aliphatic carbocycles. The zero-order valence-electron chi connectivity index (χ0n) is 9.99. The van der Waals surface area contributed by atoms with Gasteiger partial charge in [-0.1, -0.05) is 6.07 Å². The lowest BCUT2D eigenvalue weighted by molar-refractivity contribution is -0.130. The number of primary amides is 1. The van der Waals surface area contributed by atoms with Gasteiger partial charge in [0.1, 0.15) is 6.04 Å². The number of amides is 1. The van der Waals surface area contributed by atoms with E-state index in [1.54, 1.807) is 0 Å². The first-order valence-electron chi connectivity index (χ1n) is 5.21. The van der Waals surface area contributed by atoms with E-state index in [4.69, 9.17) is 10.5 Å². The summed E-state index contributed by atoms with van der Waals surface area (Å²) in [4.78, 5) is 11.2. The second-order valence-corrected chi connectivity index (χ2v) is 3.76. The molecule has 0 saturated carbocycles. The molecule has 0 aromatic heterocycles. The van der Waals surface area contributed by atoms with Crippen LogP contribution >= 0.6 is 0 Å². The summed E-state index contributed by atoms with van der Waals surface area (Å²) in [6.07, 6.45) is -4.47. The number of carbonyl (C=O) groups excluding carboxylic acids is 1. The molecule has 0 saturated heterocycles. The van der Waals surface area contributed by atoms with Crippen LogP contribution in [0.4, 0.5) is 13.2 Å². The molecule has 4 N–H and O–H groups in total. The summed E-state index contributed by atoms with van der Waals surface area (Å²) < 4.78 is 41.1. The van der Waals surface area contributed by atoms with Crippen LogP contribution in [0.3, 0.4) is 0 Å². The van der Waals surface area contributed by atoms with Crippen molar-refractivity contribution >= 4 is 5.91 Å². The lowest BCUT2D eigenvalue weighted by Gasteiger charge is -2.17. The van der Waals surface area contributed by atoms with Gasteiger partial charge >= 0.3 is 6.18 Å². The first-order valence-corrected chi connectivity index (χ1v) is 5.21. The third-order valence-corrected chi connectivity index (χ3v) is 2.33. The standard InChI is InChI=1S/C11H13F3N2O3/c1-19-8-3-2-6(4-7(8)17)9(10(15)18)16-5-11(12,13)14/h2-4,9,16-17H,5H2,1H3,(H2,15,18). The highest BCUT2D eigenvalue weighted by atomic mass is 19.4. The second kappa shape index (κ2) is 5.79.